The van der Waals surface area contributed by atoms with Crippen LogP contribution in [0.15, 0.2) is 30.3 Å². The van der Waals surface area contributed by atoms with Crippen molar-refractivity contribution in [3.05, 3.63) is 35.9 Å². The Labute approximate surface area is 123 Å². The molecule has 1 atom stereocenters. The van der Waals surface area contributed by atoms with Gasteiger partial charge in [-0.05, 0) is 18.4 Å². The molecular formula is C13H18N2O5S. The summed E-state index contributed by atoms with van der Waals surface area (Å²) in [5.74, 6) is 0. The zero-order valence-electron chi connectivity index (χ0n) is 11.5. The van der Waals surface area contributed by atoms with Crippen molar-refractivity contribution in [3.63, 3.8) is 0 Å². The Morgan fingerprint density at radius 2 is 2.05 bits per heavy atom. The minimum atomic E-state index is -4.01. The number of ether oxygens (including phenoxy) is 1. The Morgan fingerprint density at radius 3 is 2.71 bits per heavy atom. The number of hydrogen-bond donors (Lipinski definition) is 1. The number of carbonyl (C=O) groups is 1. The molecule has 0 aromatic heterocycles. The van der Waals surface area contributed by atoms with Crippen LogP contribution in [0, 0.1) is 0 Å². The van der Waals surface area contributed by atoms with E-state index in [0.717, 1.165) is 5.56 Å². The first-order chi connectivity index (χ1) is 9.94. The normalized spacial score (nSPS) is 19.3. The molecule has 21 heavy (non-hydrogen) atoms. The molecule has 0 saturated carbocycles. The largest absolute Gasteiger partial charge is 0.445 e. The summed E-state index contributed by atoms with van der Waals surface area (Å²) in [5, 5.41) is 4.84. The van der Waals surface area contributed by atoms with Crippen LogP contribution < -0.4 is 5.14 Å². The highest BCUT2D eigenvalue weighted by molar-refractivity contribution is 7.84. The standard InChI is InChI=1S/C13H18N2O5S/c14-21(17,18)20-12-7-4-8-15(9-12)13(16)19-10-11-5-2-1-3-6-11/h1-3,5-6,12H,4,7-10H2,(H2,14,17,18). The second-order valence-corrected chi connectivity index (χ2v) is 6.02. The van der Waals surface area contributed by atoms with Crippen LogP contribution in [-0.2, 0) is 25.8 Å². The first-order valence-electron chi connectivity index (χ1n) is 6.61. The third kappa shape index (κ3) is 5.33. The summed E-state index contributed by atoms with van der Waals surface area (Å²) in [6.07, 6.45) is 0.0825. The number of piperidine rings is 1. The van der Waals surface area contributed by atoms with Gasteiger partial charge in [0.2, 0.25) is 0 Å². The summed E-state index contributed by atoms with van der Waals surface area (Å²) < 4.78 is 31.7. The lowest BCUT2D eigenvalue weighted by Gasteiger charge is -2.31. The number of nitrogens with zero attached hydrogens (tertiary/aromatic N) is 1. The molecule has 0 radical (unpaired) electrons. The summed E-state index contributed by atoms with van der Waals surface area (Å²) in [4.78, 5) is 13.4. The maximum atomic E-state index is 12.0. The van der Waals surface area contributed by atoms with Gasteiger partial charge in [-0.25, -0.2) is 9.93 Å². The van der Waals surface area contributed by atoms with E-state index in [2.05, 4.69) is 0 Å². The molecule has 0 spiro atoms. The van der Waals surface area contributed by atoms with Crippen LogP contribution in [0.1, 0.15) is 18.4 Å². The molecular weight excluding hydrogens is 296 g/mol. The first-order valence-corrected chi connectivity index (χ1v) is 8.08. The van der Waals surface area contributed by atoms with E-state index in [9.17, 15) is 13.2 Å². The third-order valence-electron chi connectivity index (χ3n) is 3.11. The van der Waals surface area contributed by atoms with E-state index in [0.29, 0.717) is 19.4 Å². The second-order valence-electron chi connectivity index (χ2n) is 4.84. The number of benzene rings is 1. The van der Waals surface area contributed by atoms with Crippen molar-refractivity contribution in [2.24, 2.45) is 5.14 Å². The highest BCUT2D eigenvalue weighted by atomic mass is 32.2. The van der Waals surface area contributed by atoms with Crippen molar-refractivity contribution < 1.29 is 22.1 Å². The minimum absolute atomic E-state index is 0.157. The number of carbonyl (C=O) groups excluding carboxylic acids is 1. The average Bonchev–Trinajstić information content (AvgIpc) is 2.44. The van der Waals surface area contributed by atoms with Gasteiger partial charge < -0.3 is 9.64 Å². The van der Waals surface area contributed by atoms with Crippen molar-refractivity contribution in [2.75, 3.05) is 13.1 Å². The van der Waals surface area contributed by atoms with Gasteiger partial charge in [0.25, 0.3) is 0 Å². The number of likely N-dealkylation sites (tertiary alicyclic amines) is 1. The lowest BCUT2D eigenvalue weighted by atomic mass is 10.1. The Kier molecular flexibility index (Phi) is 5.16. The van der Waals surface area contributed by atoms with Gasteiger partial charge in [0.05, 0.1) is 12.6 Å². The van der Waals surface area contributed by atoms with Gasteiger partial charge in [0, 0.05) is 6.54 Å². The second kappa shape index (κ2) is 6.88. The molecule has 1 saturated heterocycles. The Bertz CT molecular complexity index is 575. The molecule has 1 unspecified atom stereocenters. The molecule has 116 valence electrons. The van der Waals surface area contributed by atoms with Gasteiger partial charge in [-0.2, -0.15) is 8.42 Å². The number of hydrogen-bond acceptors (Lipinski definition) is 5. The maximum Gasteiger partial charge on any atom is 0.410 e. The van der Waals surface area contributed by atoms with Crippen molar-refractivity contribution in [1.29, 1.82) is 0 Å². The monoisotopic (exact) mass is 314 g/mol. The Morgan fingerprint density at radius 1 is 1.33 bits per heavy atom. The average molecular weight is 314 g/mol. The predicted molar refractivity (Wildman–Crippen MR) is 75.4 cm³/mol. The Balaban J connectivity index is 1.84. The summed E-state index contributed by atoms with van der Waals surface area (Å²) in [6, 6.07) is 9.32. The third-order valence-corrected chi connectivity index (χ3v) is 3.65. The van der Waals surface area contributed by atoms with E-state index in [1.54, 1.807) is 0 Å². The van der Waals surface area contributed by atoms with E-state index in [-0.39, 0.29) is 13.2 Å². The predicted octanol–water partition coefficient (Wildman–Crippen LogP) is 1.01. The van der Waals surface area contributed by atoms with Crippen LogP contribution in [-0.4, -0.2) is 38.6 Å². The van der Waals surface area contributed by atoms with E-state index in [4.69, 9.17) is 14.1 Å². The molecule has 1 aromatic rings. The van der Waals surface area contributed by atoms with Crippen LogP contribution >= 0.6 is 0 Å². The molecule has 1 aliphatic heterocycles. The van der Waals surface area contributed by atoms with Gasteiger partial charge in [-0.15, -0.1) is 0 Å². The van der Waals surface area contributed by atoms with Gasteiger partial charge in [0.1, 0.15) is 6.61 Å². The zero-order valence-corrected chi connectivity index (χ0v) is 12.3. The van der Waals surface area contributed by atoms with Crippen molar-refractivity contribution in [2.45, 2.75) is 25.6 Å². The van der Waals surface area contributed by atoms with Crippen LogP contribution in [0.2, 0.25) is 0 Å². The van der Waals surface area contributed by atoms with E-state index in [1.165, 1.54) is 4.90 Å². The lowest BCUT2D eigenvalue weighted by Crippen LogP contribution is -2.44. The topological polar surface area (TPSA) is 98.9 Å². The minimum Gasteiger partial charge on any atom is -0.445 e. The highest BCUT2D eigenvalue weighted by Crippen LogP contribution is 2.15. The van der Waals surface area contributed by atoms with Crippen molar-refractivity contribution >= 4 is 16.4 Å². The van der Waals surface area contributed by atoms with E-state index < -0.39 is 22.5 Å². The maximum absolute atomic E-state index is 12.0. The van der Waals surface area contributed by atoms with Gasteiger partial charge >= 0.3 is 16.4 Å². The summed E-state index contributed by atoms with van der Waals surface area (Å²) >= 11 is 0. The summed E-state index contributed by atoms with van der Waals surface area (Å²) in [5.41, 5.74) is 0.889. The van der Waals surface area contributed by atoms with Crippen LogP contribution in [0.5, 0.6) is 0 Å². The summed E-state index contributed by atoms with van der Waals surface area (Å²) in [7, 11) is -4.01. The molecule has 1 aromatic carbocycles. The van der Waals surface area contributed by atoms with E-state index >= 15 is 0 Å². The van der Waals surface area contributed by atoms with Crippen LogP contribution in [0.4, 0.5) is 4.79 Å². The van der Waals surface area contributed by atoms with Crippen LogP contribution in [0.25, 0.3) is 0 Å². The zero-order chi connectivity index (χ0) is 15.3. The molecule has 8 heteroatoms. The van der Waals surface area contributed by atoms with E-state index in [1.807, 2.05) is 30.3 Å². The van der Waals surface area contributed by atoms with Crippen LogP contribution in [0.3, 0.4) is 0 Å². The highest BCUT2D eigenvalue weighted by Gasteiger charge is 2.27. The number of nitrogens with two attached hydrogens (primary N) is 1. The Hall–Kier alpha value is -1.64. The molecule has 1 amide bonds. The SMILES string of the molecule is NS(=O)(=O)OC1CCCN(C(=O)OCc2ccccc2)C1. The molecule has 7 nitrogen and oxygen atoms in total. The molecule has 0 aliphatic carbocycles. The summed E-state index contributed by atoms with van der Waals surface area (Å²) in [6.45, 7) is 0.846. The lowest BCUT2D eigenvalue weighted by molar-refractivity contribution is 0.0571. The molecule has 1 aliphatic rings. The fourth-order valence-electron chi connectivity index (χ4n) is 2.18. The molecule has 2 N–H and O–H groups in total. The molecule has 0 bridgehead atoms. The first kappa shape index (κ1) is 15.7. The van der Waals surface area contributed by atoms with Crippen molar-refractivity contribution in [3.8, 4) is 0 Å². The number of rotatable bonds is 4. The van der Waals surface area contributed by atoms with Gasteiger partial charge in [0.15, 0.2) is 0 Å². The van der Waals surface area contributed by atoms with Gasteiger partial charge in [-0.1, -0.05) is 30.3 Å². The van der Waals surface area contributed by atoms with Crippen molar-refractivity contribution in [1.82, 2.24) is 4.90 Å². The fourth-order valence-corrected chi connectivity index (χ4v) is 2.72. The molecule has 2 rings (SSSR count). The fraction of sp³-hybridized carbons (Fsp3) is 0.462. The number of amides is 1. The quantitative estimate of drug-likeness (QED) is 0.894. The smallest absolute Gasteiger partial charge is 0.410 e. The molecule has 1 heterocycles. The van der Waals surface area contributed by atoms with Gasteiger partial charge in [-0.3, -0.25) is 4.18 Å². The molecule has 1 fully saturated rings.